The Labute approximate surface area is 146 Å². The fraction of sp³-hybridized carbons (Fsp3) is 0.111. The van der Waals surface area contributed by atoms with E-state index in [0.29, 0.717) is 26.9 Å². The van der Waals surface area contributed by atoms with Gasteiger partial charge in [-0.15, -0.1) is 0 Å². The first-order valence-corrected chi connectivity index (χ1v) is 7.74. The lowest BCUT2D eigenvalue weighted by Crippen LogP contribution is -2.24. The van der Waals surface area contributed by atoms with Gasteiger partial charge in [0, 0.05) is 23.5 Å². The monoisotopic (exact) mass is 391 g/mol. The Balaban J connectivity index is 2.24. The number of allylic oxidation sites excluding steroid dienone is 1. The number of carboxylic acids is 1. The molecule has 0 saturated carbocycles. The van der Waals surface area contributed by atoms with E-state index < -0.39 is 5.97 Å². The first kappa shape index (κ1) is 17.9. The number of carbonyl (C=O) groups is 2. The molecule has 0 unspecified atom stereocenters. The van der Waals surface area contributed by atoms with Gasteiger partial charge >= 0.3 is 0 Å². The molecule has 0 aliphatic carbocycles. The van der Waals surface area contributed by atoms with Gasteiger partial charge in [0.05, 0.1) is 11.6 Å². The Morgan fingerprint density at radius 2 is 2.00 bits per heavy atom. The number of aliphatic carboxylic acids is 1. The van der Waals surface area contributed by atoms with Crippen LogP contribution in [0, 0.1) is 5.82 Å². The molecule has 2 rings (SSSR count). The van der Waals surface area contributed by atoms with Crippen LogP contribution in [0.3, 0.4) is 0 Å². The minimum Gasteiger partial charge on any atom is -0.550 e. The highest BCUT2D eigenvalue weighted by Crippen LogP contribution is 2.21. The molecule has 0 fully saturated rings. The maximum atomic E-state index is 13.2. The molecule has 0 amide bonds. The quantitative estimate of drug-likeness (QED) is 0.560. The number of carbonyl (C=O) groups excluding carboxylic acids is 2. The van der Waals surface area contributed by atoms with E-state index in [2.05, 4.69) is 15.9 Å². The molecule has 0 aromatic heterocycles. The van der Waals surface area contributed by atoms with Gasteiger partial charge in [0.15, 0.2) is 5.78 Å². The number of ketones is 1. The summed E-state index contributed by atoms with van der Waals surface area (Å²) in [5.74, 6) is -1.58. The number of methoxy groups -OCH3 is 1. The van der Waals surface area contributed by atoms with E-state index in [1.807, 2.05) is 0 Å². The number of carboxylic acid groups (broad SMARTS) is 1. The zero-order valence-corrected chi connectivity index (χ0v) is 14.3. The Hall–Kier alpha value is -2.47. The summed E-state index contributed by atoms with van der Waals surface area (Å²) >= 11 is 3.08. The normalized spacial score (nSPS) is 10.8. The van der Waals surface area contributed by atoms with Crippen molar-refractivity contribution in [2.45, 2.75) is 6.42 Å². The van der Waals surface area contributed by atoms with Crippen LogP contribution < -0.4 is 9.84 Å². The molecule has 0 saturated heterocycles. The molecule has 4 nitrogen and oxygen atoms in total. The largest absolute Gasteiger partial charge is 0.550 e. The third-order valence-electron chi connectivity index (χ3n) is 3.27. The van der Waals surface area contributed by atoms with Crippen LogP contribution in [0.5, 0.6) is 5.75 Å². The van der Waals surface area contributed by atoms with Crippen molar-refractivity contribution >= 4 is 33.8 Å². The third-order valence-corrected chi connectivity index (χ3v) is 3.88. The second-order valence-corrected chi connectivity index (χ2v) is 5.80. The maximum absolute atomic E-state index is 13.2. The average molecular weight is 392 g/mol. The summed E-state index contributed by atoms with van der Waals surface area (Å²) in [6, 6.07) is 8.92. The Morgan fingerprint density at radius 3 is 2.62 bits per heavy atom. The summed E-state index contributed by atoms with van der Waals surface area (Å²) in [5.41, 5.74) is 1.34. The highest BCUT2D eigenvalue weighted by atomic mass is 79.9. The fourth-order valence-electron chi connectivity index (χ4n) is 2.11. The fourth-order valence-corrected chi connectivity index (χ4v) is 2.51. The lowest BCUT2D eigenvalue weighted by molar-refractivity contribution is -0.304. The topological polar surface area (TPSA) is 66.4 Å². The molecule has 0 aliphatic rings. The highest BCUT2D eigenvalue weighted by molar-refractivity contribution is 9.10. The summed E-state index contributed by atoms with van der Waals surface area (Å²) < 4.78 is 18.6. The van der Waals surface area contributed by atoms with E-state index in [1.165, 1.54) is 31.4 Å². The minimum atomic E-state index is -1.26. The van der Waals surface area contributed by atoms with Crippen molar-refractivity contribution in [3.63, 3.8) is 0 Å². The number of hydrogen-bond acceptors (Lipinski definition) is 4. The van der Waals surface area contributed by atoms with Gasteiger partial charge in [0.25, 0.3) is 0 Å². The van der Waals surface area contributed by atoms with Gasteiger partial charge in [-0.25, -0.2) is 4.39 Å². The predicted octanol–water partition coefficient (Wildman–Crippen LogP) is 2.79. The third kappa shape index (κ3) is 4.52. The van der Waals surface area contributed by atoms with Crippen LogP contribution in [0.2, 0.25) is 0 Å². The maximum Gasteiger partial charge on any atom is 0.185 e. The molecule has 0 N–H and O–H groups in total. The molecule has 0 aliphatic heterocycles. The lowest BCUT2D eigenvalue weighted by atomic mass is 10.0. The zero-order valence-electron chi connectivity index (χ0n) is 12.7. The molecule has 124 valence electrons. The van der Waals surface area contributed by atoms with Gasteiger partial charge in [-0.05, 0) is 57.9 Å². The number of halogens is 2. The van der Waals surface area contributed by atoms with E-state index in [4.69, 9.17) is 4.74 Å². The number of ether oxygens (including phenoxy) is 1. The lowest BCUT2D eigenvalue weighted by Gasteiger charge is -2.10. The molecule has 6 heteroatoms. The van der Waals surface area contributed by atoms with E-state index in [1.54, 1.807) is 24.3 Å². The highest BCUT2D eigenvalue weighted by Gasteiger charge is 2.09. The molecule has 0 radical (unpaired) electrons. The van der Waals surface area contributed by atoms with Crippen LogP contribution in [-0.4, -0.2) is 18.9 Å². The van der Waals surface area contributed by atoms with Gasteiger partial charge in [-0.2, -0.15) is 0 Å². The molecular weight excluding hydrogens is 379 g/mol. The summed E-state index contributed by atoms with van der Waals surface area (Å²) in [7, 11) is 1.42. The van der Waals surface area contributed by atoms with Gasteiger partial charge < -0.3 is 14.6 Å². The first-order chi connectivity index (χ1) is 11.4. The predicted molar refractivity (Wildman–Crippen MR) is 89.2 cm³/mol. The number of hydrogen-bond donors (Lipinski definition) is 0. The van der Waals surface area contributed by atoms with Crippen LogP contribution in [0.1, 0.15) is 21.5 Å². The van der Waals surface area contributed by atoms with Crippen molar-refractivity contribution in [2.75, 3.05) is 7.11 Å². The first-order valence-electron chi connectivity index (χ1n) is 6.95. The molecule has 0 spiro atoms. The van der Waals surface area contributed by atoms with Gasteiger partial charge in [-0.1, -0.05) is 12.1 Å². The van der Waals surface area contributed by atoms with Crippen molar-refractivity contribution in [3.8, 4) is 5.75 Å². The van der Waals surface area contributed by atoms with Crippen LogP contribution in [0.15, 0.2) is 46.9 Å². The summed E-state index contributed by atoms with van der Waals surface area (Å²) in [6.07, 6.45) is 2.54. The van der Waals surface area contributed by atoms with Gasteiger partial charge in [0.1, 0.15) is 11.6 Å². The van der Waals surface area contributed by atoms with Gasteiger partial charge in [-0.3, -0.25) is 4.79 Å². The molecule has 2 aromatic rings. The van der Waals surface area contributed by atoms with E-state index in [0.717, 1.165) is 0 Å². The second kappa shape index (κ2) is 7.88. The summed E-state index contributed by atoms with van der Waals surface area (Å²) in [5, 5.41) is 10.8. The SMILES string of the molecule is COc1ccc(C(=O)/C=C/c2ccc(F)c(Br)c2)cc1CC(=O)[O-]. The summed E-state index contributed by atoms with van der Waals surface area (Å²) in [4.78, 5) is 23.0. The molecule has 0 heterocycles. The standard InChI is InChI=1S/C18H14BrFO4/c1-24-17-7-4-12(9-13(17)10-18(22)23)16(21)6-3-11-2-5-15(20)14(19)8-11/h2-9H,10H2,1H3,(H,22,23)/p-1/b6-3+. The van der Waals surface area contributed by atoms with E-state index >= 15 is 0 Å². The molecule has 0 bridgehead atoms. The number of rotatable bonds is 6. The molecule has 0 atom stereocenters. The second-order valence-electron chi connectivity index (χ2n) is 4.95. The van der Waals surface area contributed by atoms with Crippen molar-refractivity contribution in [3.05, 3.63) is 69.5 Å². The van der Waals surface area contributed by atoms with Crippen LogP contribution in [0.25, 0.3) is 6.08 Å². The van der Waals surface area contributed by atoms with Gasteiger partial charge in [0.2, 0.25) is 0 Å². The average Bonchev–Trinajstić information content (AvgIpc) is 2.55. The molecular formula is C18H13BrFO4-. The zero-order chi connectivity index (χ0) is 17.7. The van der Waals surface area contributed by atoms with E-state index in [-0.39, 0.29) is 18.0 Å². The van der Waals surface area contributed by atoms with Crippen LogP contribution in [-0.2, 0) is 11.2 Å². The smallest absolute Gasteiger partial charge is 0.185 e. The van der Waals surface area contributed by atoms with Crippen molar-refractivity contribution in [1.82, 2.24) is 0 Å². The minimum absolute atomic E-state index is 0.304. The molecule has 2 aromatic carbocycles. The van der Waals surface area contributed by atoms with Crippen LogP contribution >= 0.6 is 15.9 Å². The number of benzene rings is 2. The van der Waals surface area contributed by atoms with E-state index in [9.17, 15) is 19.1 Å². The summed E-state index contributed by atoms with van der Waals surface area (Å²) in [6.45, 7) is 0. The van der Waals surface area contributed by atoms with Crippen LogP contribution in [0.4, 0.5) is 4.39 Å². The Bertz CT molecular complexity index is 815. The molecule has 24 heavy (non-hydrogen) atoms. The van der Waals surface area contributed by atoms with Crippen molar-refractivity contribution in [1.29, 1.82) is 0 Å². The van der Waals surface area contributed by atoms with Crippen molar-refractivity contribution in [2.24, 2.45) is 0 Å². The van der Waals surface area contributed by atoms with Crippen molar-refractivity contribution < 1.29 is 23.8 Å². The Kier molecular flexibility index (Phi) is 5.87. The Morgan fingerprint density at radius 1 is 1.25 bits per heavy atom.